The summed E-state index contributed by atoms with van der Waals surface area (Å²) >= 11 is 0. The van der Waals surface area contributed by atoms with Gasteiger partial charge in [0.2, 0.25) is 0 Å². The van der Waals surface area contributed by atoms with Crippen LogP contribution in [0.3, 0.4) is 0 Å². The van der Waals surface area contributed by atoms with Crippen LogP contribution in [-0.2, 0) is 15.7 Å². The van der Waals surface area contributed by atoms with Crippen molar-refractivity contribution < 1.29 is 27.5 Å². The van der Waals surface area contributed by atoms with Crippen LogP contribution in [0.15, 0.2) is 54.6 Å². The number of ether oxygens (including phenoxy) is 1. The van der Waals surface area contributed by atoms with E-state index in [4.69, 9.17) is 4.74 Å². The predicted octanol–water partition coefficient (Wildman–Crippen LogP) is 4.54. The van der Waals surface area contributed by atoms with Crippen LogP contribution in [0.1, 0.15) is 45.8 Å². The summed E-state index contributed by atoms with van der Waals surface area (Å²) in [5.41, 5.74) is 0.874. The number of rotatable bonds is 6. The highest BCUT2D eigenvalue weighted by atomic mass is 19.4. The molecular weight excluding hydrogens is 423 g/mol. The number of aryl methyl sites for hydroxylation is 1. The van der Waals surface area contributed by atoms with E-state index >= 15 is 0 Å². The van der Waals surface area contributed by atoms with Crippen LogP contribution in [-0.4, -0.2) is 28.3 Å². The summed E-state index contributed by atoms with van der Waals surface area (Å²) in [6.07, 6.45) is -4.51. The number of carbonyl (C=O) groups is 2. The molecule has 1 atom stereocenters. The SMILES string of the molecule is CCOC(=O)C(NC(=O)c1ccccc1)c1c(C)nn(-c2cccc(C(F)(F)F)c2)c1C. The number of nitrogens with zero attached hydrogens (tertiary/aromatic N) is 2. The largest absolute Gasteiger partial charge is 0.464 e. The summed E-state index contributed by atoms with van der Waals surface area (Å²) in [7, 11) is 0. The molecule has 3 rings (SSSR count). The van der Waals surface area contributed by atoms with Gasteiger partial charge < -0.3 is 10.1 Å². The number of alkyl halides is 3. The average Bonchev–Trinajstić information content (AvgIpc) is 3.06. The van der Waals surface area contributed by atoms with E-state index in [1.807, 2.05) is 0 Å². The molecule has 1 unspecified atom stereocenters. The number of halogens is 3. The molecule has 0 aliphatic rings. The molecule has 2 aromatic carbocycles. The van der Waals surface area contributed by atoms with E-state index < -0.39 is 29.7 Å². The Balaban J connectivity index is 2.04. The topological polar surface area (TPSA) is 73.2 Å². The van der Waals surface area contributed by atoms with Gasteiger partial charge in [-0.05, 0) is 51.1 Å². The van der Waals surface area contributed by atoms with E-state index in [-0.39, 0.29) is 12.3 Å². The lowest BCUT2D eigenvalue weighted by Crippen LogP contribution is -2.35. The van der Waals surface area contributed by atoms with Gasteiger partial charge in [0, 0.05) is 16.8 Å². The Labute approximate surface area is 183 Å². The van der Waals surface area contributed by atoms with Crippen LogP contribution in [0, 0.1) is 13.8 Å². The lowest BCUT2D eigenvalue weighted by molar-refractivity contribution is -0.145. The van der Waals surface area contributed by atoms with Crippen molar-refractivity contribution in [3.8, 4) is 5.69 Å². The third-order valence-electron chi connectivity index (χ3n) is 4.89. The van der Waals surface area contributed by atoms with E-state index in [1.165, 1.54) is 16.8 Å². The van der Waals surface area contributed by atoms with Crippen molar-refractivity contribution in [1.29, 1.82) is 0 Å². The van der Waals surface area contributed by atoms with E-state index in [2.05, 4.69) is 10.4 Å². The van der Waals surface area contributed by atoms with E-state index in [0.29, 0.717) is 22.5 Å². The first-order chi connectivity index (χ1) is 15.1. The van der Waals surface area contributed by atoms with Crippen molar-refractivity contribution in [2.75, 3.05) is 6.61 Å². The Morgan fingerprint density at radius 1 is 1.09 bits per heavy atom. The van der Waals surface area contributed by atoms with Gasteiger partial charge in [-0.25, -0.2) is 9.48 Å². The van der Waals surface area contributed by atoms with Crippen LogP contribution in [0.25, 0.3) is 5.69 Å². The van der Waals surface area contributed by atoms with Crippen LogP contribution >= 0.6 is 0 Å². The molecule has 9 heteroatoms. The Bertz CT molecular complexity index is 1120. The number of aromatic nitrogens is 2. The van der Waals surface area contributed by atoms with Crippen molar-refractivity contribution in [2.45, 2.75) is 33.0 Å². The fraction of sp³-hybridized carbons (Fsp3) is 0.261. The lowest BCUT2D eigenvalue weighted by Gasteiger charge is -2.18. The maximum absolute atomic E-state index is 13.2. The predicted molar refractivity (Wildman–Crippen MR) is 111 cm³/mol. The highest BCUT2D eigenvalue weighted by Gasteiger charge is 2.33. The third kappa shape index (κ3) is 4.82. The minimum absolute atomic E-state index is 0.0937. The average molecular weight is 445 g/mol. The molecule has 1 N–H and O–H groups in total. The molecule has 0 saturated heterocycles. The molecule has 1 aromatic heterocycles. The first-order valence-electron chi connectivity index (χ1n) is 9.89. The van der Waals surface area contributed by atoms with Gasteiger partial charge in [-0.3, -0.25) is 4.79 Å². The molecule has 32 heavy (non-hydrogen) atoms. The van der Waals surface area contributed by atoms with E-state index in [1.54, 1.807) is 51.1 Å². The van der Waals surface area contributed by atoms with Crippen molar-refractivity contribution in [3.05, 3.63) is 82.7 Å². The Morgan fingerprint density at radius 3 is 2.41 bits per heavy atom. The summed E-state index contributed by atoms with van der Waals surface area (Å²) in [5, 5.41) is 7.01. The van der Waals surface area contributed by atoms with E-state index in [0.717, 1.165) is 12.1 Å². The van der Waals surface area contributed by atoms with Gasteiger partial charge in [-0.15, -0.1) is 0 Å². The fourth-order valence-corrected chi connectivity index (χ4v) is 3.42. The number of hydrogen-bond donors (Lipinski definition) is 1. The normalized spacial score (nSPS) is 12.3. The van der Waals surface area contributed by atoms with E-state index in [9.17, 15) is 22.8 Å². The number of benzene rings is 2. The van der Waals surface area contributed by atoms with Crippen molar-refractivity contribution in [2.24, 2.45) is 0 Å². The molecule has 1 amide bonds. The van der Waals surface area contributed by atoms with Gasteiger partial charge in [-0.2, -0.15) is 18.3 Å². The molecular formula is C23H22F3N3O3. The van der Waals surface area contributed by atoms with Gasteiger partial charge in [0.05, 0.1) is 23.6 Å². The van der Waals surface area contributed by atoms with Crippen LogP contribution in [0.2, 0.25) is 0 Å². The Hall–Kier alpha value is -3.62. The molecule has 1 heterocycles. The molecule has 0 fully saturated rings. The van der Waals surface area contributed by atoms with Crippen LogP contribution < -0.4 is 5.32 Å². The van der Waals surface area contributed by atoms with Crippen molar-refractivity contribution in [3.63, 3.8) is 0 Å². The smallest absolute Gasteiger partial charge is 0.416 e. The highest BCUT2D eigenvalue weighted by Crippen LogP contribution is 2.31. The minimum Gasteiger partial charge on any atom is -0.464 e. The van der Waals surface area contributed by atoms with Crippen LogP contribution in [0.4, 0.5) is 13.2 Å². The summed E-state index contributed by atoms with van der Waals surface area (Å²) in [6.45, 7) is 4.97. The van der Waals surface area contributed by atoms with Crippen molar-refractivity contribution >= 4 is 11.9 Å². The van der Waals surface area contributed by atoms with Gasteiger partial charge in [0.15, 0.2) is 6.04 Å². The second kappa shape index (κ2) is 9.25. The number of nitrogens with one attached hydrogen (secondary N) is 1. The molecule has 3 aromatic rings. The maximum atomic E-state index is 13.2. The molecule has 6 nitrogen and oxygen atoms in total. The quantitative estimate of drug-likeness (QED) is 0.566. The zero-order valence-corrected chi connectivity index (χ0v) is 17.7. The fourth-order valence-electron chi connectivity index (χ4n) is 3.42. The van der Waals surface area contributed by atoms with Gasteiger partial charge in [0.1, 0.15) is 0 Å². The van der Waals surface area contributed by atoms with Crippen molar-refractivity contribution in [1.82, 2.24) is 15.1 Å². The van der Waals surface area contributed by atoms with Gasteiger partial charge in [-0.1, -0.05) is 24.3 Å². The lowest BCUT2D eigenvalue weighted by atomic mass is 10.0. The van der Waals surface area contributed by atoms with Crippen LogP contribution in [0.5, 0.6) is 0 Å². The standard InChI is InChI=1S/C23H22F3N3O3/c1-4-32-22(31)20(27-21(30)16-9-6-5-7-10-16)19-14(2)28-29(15(19)3)18-12-8-11-17(13-18)23(24,25)26/h5-13,20H,4H2,1-3H3,(H,27,30). The number of esters is 1. The third-order valence-corrected chi connectivity index (χ3v) is 4.89. The first-order valence-corrected chi connectivity index (χ1v) is 9.89. The number of hydrogen-bond acceptors (Lipinski definition) is 4. The molecule has 0 spiro atoms. The Kier molecular flexibility index (Phi) is 6.67. The summed E-state index contributed by atoms with van der Waals surface area (Å²) < 4.78 is 45.9. The highest BCUT2D eigenvalue weighted by molar-refractivity contribution is 5.97. The monoisotopic (exact) mass is 445 g/mol. The molecule has 0 bridgehead atoms. The molecule has 168 valence electrons. The zero-order chi connectivity index (χ0) is 23.5. The van der Waals surface area contributed by atoms with Gasteiger partial charge in [0.25, 0.3) is 5.91 Å². The molecule has 0 aliphatic heterocycles. The second-order valence-corrected chi connectivity index (χ2v) is 7.07. The molecule has 0 saturated carbocycles. The summed E-state index contributed by atoms with van der Waals surface area (Å²) in [4.78, 5) is 25.4. The summed E-state index contributed by atoms with van der Waals surface area (Å²) in [6, 6.07) is 11.9. The van der Waals surface area contributed by atoms with Gasteiger partial charge >= 0.3 is 12.1 Å². The number of amides is 1. The summed E-state index contributed by atoms with van der Waals surface area (Å²) in [5.74, 6) is -1.18. The Morgan fingerprint density at radius 2 is 1.78 bits per heavy atom. The number of carbonyl (C=O) groups excluding carboxylic acids is 2. The maximum Gasteiger partial charge on any atom is 0.416 e. The molecule has 0 radical (unpaired) electrons. The second-order valence-electron chi connectivity index (χ2n) is 7.07. The molecule has 0 aliphatic carbocycles. The minimum atomic E-state index is -4.51. The first kappa shape index (κ1) is 23.1. The zero-order valence-electron chi connectivity index (χ0n) is 17.7.